The third-order valence-corrected chi connectivity index (χ3v) is 3.70. The van der Waals surface area contributed by atoms with E-state index in [4.69, 9.17) is 4.74 Å². The van der Waals surface area contributed by atoms with Crippen LogP contribution in [0.2, 0.25) is 0 Å². The van der Waals surface area contributed by atoms with Gasteiger partial charge in [0.25, 0.3) is 0 Å². The van der Waals surface area contributed by atoms with E-state index in [1.54, 1.807) is 0 Å². The van der Waals surface area contributed by atoms with Gasteiger partial charge in [-0.1, -0.05) is 12.1 Å². The number of hydrogen-bond donors (Lipinski definition) is 2. The van der Waals surface area contributed by atoms with Gasteiger partial charge in [0, 0.05) is 30.9 Å². The van der Waals surface area contributed by atoms with E-state index in [9.17, 15) is 0 Å². The minimum atomic E-state index is 0.188. The average Bonchev–Trinajstić information content (AvgIpc) is 2.86. The number of likely N-dealkylation sites (N-methyl/N-ethyl adjacent to an activating group) is 2. The first-order chi connectivity index (χ1) is 11.0. The van der Waals surface area contributed by atoms with Crippen LogP contribution in [0.3, 0.4) is 0 Å². The zero-order chi connectivity index (χ0) is 16.8. The number of rotatable bonds is 8. The molecule has 0 unspecified atom stereocenters. The van der Waals surface area contributed by atoms with Crippen molar-refractivity contribution in [3.05, 3.63) is 35.7 Å². The molecule has 0 spiro atoms. The molecule has 0 amide bonds. The molecular weight excluding hydrogens is 288 g/mol. The second-order valence-corrected chi connectivity index (χ2v) is 6.20. The zero-order valence-electron chi connectivity index (χ0n) is 14.8. The van der Waals surface area contributed by atoms with Crippen LogP contribution in [0, 0.1) is 6.92 Å². The molecule has 0 saturated carbocycles. The number of H-pyrrole nitrogens is 1. The van der Waals surface area contributed by atoms with E-state index < -0.39 is 0 Å². The lowest BCUT2D eigenvalue weighted by Crippen LogP contribution is -2.27. The van der Waals surface area contributed by atoms with Gasteiger partial charge in [-0.15, -0.1) is 0 Å². The molecular formula is C18H28N4O. The van der Waals surface area contributed by atoms with Crippen molar-refractivity contribution in [3.8, 4) is 16.9 Å². The summed E-state index contributed by atoms with van der Waals surface area (Å²) in [6, 6.07) is 8.26. The standard InChI is InChI=1S/C18H28N4O/c1-13(2)23-16-8-6-15(7-9-16)18-14(3)20-21-17(18)12-22(5)11-10-19-4/h6-9,13,19H,10-12H2,1-5H3,(H,20,21). The highest BCUT2D eigenvalue weighted by Gasteiger charge is 2.14. The van der Waals surface area contributed by atoms with Crippen molar-refractivity contribution < 1.29 is 4.74 Å². The molecule has 1 aromatic carbocycles. The Kier molecular flexibility index (Phi) is 6.19. The third kappa shape index (κ3) is 4.81. The number of aromatic amines is 1. The smallest absolute Gasteiger partial charge is 0.119 e. The number of aryl methyl sites for hydroxylation is 1. The van der Waals surface area contributed by atoms with Gasteiger partial charge >= 0.3 is 0 Å². The van der Waals surface area contributed by atoms with Gasteiger partial charge in [0.2, 0.25) is 0 Å². The lowest BCUT2D eigenvalue weighted by Gasteiger charge is -2.16. The second kappa shape index (κ2) is 8.13. The van der Waals surface area contributed by atoms with Gasteiger partial charge in [-0.05, 0) is 52.6 Å². The fourth-order valence-corrected chi connectivity index (χ4v) is 2.59. The minimum absolute atomic E-state index is 0.188. The van der Waals surface area contributed by atoms with Crippen molar-refractivity contribution in [1.29, 1.82) is 0 Å². The van der Waals surface area contributed by atoms with Gasteiger partial charge in [0.05, 0.1) is 11.8 Å². The van der Waals surface area contributed by atoms with Gasteiger partial charge in [0.1, 0.15) is 5.75 Å². The highest BCUT2D eigenvalue weighted by atomic mass is 16.5. The highest BCUT2D eigenvalue weighted by Crippen LogP contribution is 2.28. The van der Waals surface area contributed by atoms with Crippen LogP contribution in [0.5, 0.6) is 5.75 Å². The van der Waals surface area contributed by atoms with Gasteiger partial charge in [-0.2, -0.15) is 5.10 Å². The van der Waals surface area contributed by atoms with E-state index >= 15 is 0 Å². The molecule has 0 bridgehead atoms. The van der Waals surface area contributed by atoms with Crippen LogP contribution in [-0.4, -0.2) is 48.4 Å². The first-order valence-electron chi connectivity index (χ1n) is 8.15. The molecule has 126 valence electrons. The molecule has 0 fully saturated rings. The van der Waals surface area contributed by atoms with Crippen LogP contribution in [0.4, 0.5) is 0 Å². The SMILES string of the molecule is CNCCN(C)Cc1n[nH]c(C)c1-c1ccc(OC(C)C)cc1. The molecule has 5 heteroatoms. The quantitative estimate of drug-likeness (QED) is 0.786. The van der Waals surface area contributed by atoms with Crippen LogP contribution in [0.1, 0.15) is 25.2 Å². The summed E-state index contributed by atoms with van der Waals surface area (Å²) in [5.74, 6) is 0.901. The van der Waals surface area contributed by atoms with Gasteiger partial charge in [-0.3, -0.25) is 10.00 Å². The maximum Gasteiger partial charge on any atom is 0.119 e. The molecule has 1 heterocycles. The van der Waals surface area contributed by atoms with Crippen LogP contribution in [0.25, 0.3) is 11.1 Å². The van der Waals surface area contributed by atoms with Crippen molar-refractivity contribution in [3.63, 3.8) is 0 Å². The van der Waals surface area contributed by atoms with Crippen LogP contribution in [-0.2, 0) is 6.54 Å². The maximum atomic E-state index is 5.72. The third-order valence-electron chi connectivity index (χ3n) is 3.70. The molecule has 0 radical (unpaired) electrons. The molecule has 2 aromatic rings. The van der Waals surface area contributed by atoms with Crippen molar-refractivity contribution >= 4 is 0 Å². The van der Waals surface area contributed by atoms with Crippen molar-refractivity contribution in [2.24, 2.45) is 0 Å². The molecule has 2 N–H and O–H groups in total. The first-order valence-corrected chi connectivity index (χ1v) is 8.15. The summed E-state index contributed by atoms with van der Waals surface area (Å²) in [6.45, 7) is 8.92. The van der Waals surface area contributed by atoms with Gasteiger partial charge < -0.3 is 10.1 Å². The summed E-state index contributed by atoms with van der Waals surface area (Å²) in [7, 11) is 4.09. The summed E-state index contributed by atoms with van der Waals surface area (Å²) in [4.78, 5) is 2.27. The van der Waals surface area contributed by atoms with Gasteiger partial charge in [-0.25, -0.2) is 0 Å². The second-order valence-electron chi connectivity index (χ2n) is 6.20. The summed E-state index contributed by atoms with van der Waals surface area (Å²) < 4.78 is 5.72. The normalized spacial score (nSPS) is 11.4. The molecule has 0 aliphatic rings. The molecule has 0 aliphatic heterocycles. The van der Waals surface area contributed by atoms with Gasteiger partial charge in [0.15, 0.2) is 0 Å². The molecule has 1 aromatic heterocycles. The lowest BCUT2D eigenvalue weighted by atomic mass is 10.0. The number of nitrogens with zero attached hydrogens (tertiary/aromatic N) is 2. The predicted molar refractivity (Wildman–Crippen MR) is 94.8 cm³/mol. The maximum absolute atomic E-state index is 5.72. The van der Waals surface area contributed by atoms with E-state index in [0.717, 1.165) is 36.8 Å². The number of hydrogen-bond acceptors (Lipinski definition) is 4. The molecule has 5 nitrogen and oxygen atoms in total. The highest BCUT2D eigenvalue weighted by molar-refractivity contribution is 5.69. The van der Waals surface area contributed by atoms with E-state index in [2.05, 4.69) is 46.5 Å². The monoisotopic (exact) mass is 316 g/mol. The molecule has 0 atom stereocenters. The Labute approximate surface area is 139 Å². The predicted octanol–water partition coefficient (Wildman–Crippen LogP) is 2.82. The number of nitrogens with one attached hydrogen (secondary N) is 2. The Morgan fingerprint density at radius 3 is 2.57 bits per heavy atom. The minimum Gasteiger partial charge on any atom is -0.491 e. The lowest BCUT2D eigenvalue weighted by molar-refractivity contribution is 0.242. The van der Waals surface area contributed by atoms with E-state index in [0.29, 0.717) is 0 Å². The van der Waals surface area contributed by atoms with E-state index in [-0.39, 0.29) is 6.10 Å². The van der Waals surface area contributed by atoms with E-state index in [1.165, 1.54) is 11.1 Å². The number of benzene rings is 1. The fourth-order valence-electron chi connectivity index (χ4n) is 2.59. The Hall–Kier alpha value is -1.85. The number of aromatic nitrogens is 2. The Balaban J connectivity index is 2.17. The molecule has 0 saturated heterocycles. The average molecular weight is 316 g/mol. The fraction of sp³-hybridized carbons (Fsp3) is 0.500. The Morgan fingerprint density at radius 2 is 1.96 bits per heavy atom. The Morgan fingerprint density at radius 1 is 1.26 bits per heavy atom. The van der Waals surface area contributed by atoms with E-state index in [1.807, 2.05) is 33.0 Å². The van der Waals surface area contributed by atoms with Crippen molar-refractivity contribution in [2.75, 3.05) is 27.2 Å². The van der Waals surface area contributed by atoms with Crippen LogP contribution >= 0.6 is 0 Å². The summed E-state index contributed by atoms with van der Waals surface area (Å²) in [5, 5.41) is 10.8. The largest absolute Gasteiger partial charge is 0.491 e. The molecule has 2 rings (SSSR count). The molecule has 0 aliphatic carbocycles. The zero-order valence-corrected chi connectivity index (χ0v) is 14.8. The topological polar surface area (TPSA) is 53.2 Å². The Bertz CT molecular complexity index is 604. The van der Waals surface area contributed by atoms with Crippen LogP contribution in [0.15, 0.2) is 24.3 Å². The number of ether oxygens (including phenoxy) is 1. The summed E-state index contributed by atoms with van der Waals surface area (Å²) >= 11 is 0. The van der Waals surface area contributed by atoms with Crippen molar-refractivity contribution in [2.45, 2.75) is 33.4 Å². The summed E-state index contributed by atoms with van der Waals surface area (Å²) in [5.41, 5.74) is 4.54. The molecule has 23 heavy (non-hydrogen) atoms. The van der Waals surface area contributed by atoms with Crippen molar-refractivity contribution in [1.82, 2.24) is 20.4 Å². The first kappa shape index (κ1) is 17.5. The van der Waals surface area contributed by atoms with Crippen LogP contribution < -0.4 is 10.1 Å². The summed E-state index contributed by atoms with van der Waals surface area (Å²) in [6.07, 6.45) is 0.188.